The van der Waals surface area contributed by atoms with Gasteiger partial charge in [-0.15, -0.1) is 0 Å². The van der Waals surface area contributed by atoms with Crippen LogP contribution in [0.3, 0.4) is 0 Å². The maximum atomic E-state index is 12.8. The van der Waals surface area contributed by atoms with Crippen LogP contribution in [0.5, 0.6) is 0 Å². The molecule has 16 heavy (non-hydrogen) atoms. The summed E-state index contributed by atoms with van der Waals surface area (Å²) in [6, 6.07) is 6.21. The third-order valence-corrected chi connectivity index (χ3v) is 2.55. The molecule has 0 aliphatic heterocycles. The first-order valence-electron chi connectivity index (χ1n) is 5.10. The SMILES string of the molecule is Cn1c(CCO)cnc1-c1ccc(F)cc1. The van der Waals surface area contributed by atoms with Crippen LogP contribution in [0.2, 0.25) is 0 Å². The van der Waals surface area contributed by atoms with E-state index in [1.807, 2.05) is 11.6 Å². The van der Waals surface area contributed by atoms with Gasteiger partial charge >= 0.3 is 0 Å². The molecule has 1 N–H and O–H groups in total. The van der Waals surface area contributed by atoms with E-state index in [1.54, 1.807) is 18.3 Å². The molecule has 0 bridgehead atoms. The molecule has 4 heteroatoms. The first-order valence-corrected chi connectivity index (χ1v) is 5.10. The molecular formula is C12H13FN2O. The number of nitrogens with zero attached hydrogens (tertiary/aromatic N) is 2. The number of aliphatic hydroxyl groups is 1. The van der Waals surface area contributed by atoms with Crippen molar-refractivity contribution in [3.63, 3.8) is 0 Å². The second-order valence-electron chi connectivity index (χ2n) is 3.61. The van der Waals surface area contributed by atoms with Gasteiger partial charge in [-0.1, -0.05) is 0 Å². The molecule has 1 heterocycles. The highest BCUT2D eigenvalue weighted by Crippen LogP contribution is 2.18. The highest BCUT2D eigenvalue weighted by molar-refractivity contribution is 5.55. The van der Waals surface area contributed by atoms with Gasteiger partial charge in [0.25, 0.3) is 0 Å². The summed E-state index contributed by atoms with van der Waals surface area (Å²) in [5.41, 5.74) is 1.83. The molecule has 0 radical (unpaired) electrons. The highest BCUT2D eigenvalue weighted by Gasteiger charge is 2.07. The Morgan fingerprint density at radius 2 is 2.00 bits per heavy atom. The quantitative estimate of drug-likeness (QED) is 0.856. The van der Waals surface area contributed by atoms with Crippen LogP contribution >= 0.6 is 0 Å². The minimum atomic E-state index is -0.256. The molecule has 0 saturated carbocycles. The summed E-state index contributed by atoms with van der Waals surface area (Å²) in [6.45, 7) is 0.0996. The van der Waals surface area contributed by atoms with Crippen LogP contribution in [0.1, 0.15) is 5.69 Å². The van der Waals surface area contributed by atoms with Crippen molar-refractivity contribution >= 4 is 0 Å². The summed E-state index contributed by atoms with van der Waals surface area (Å²) in [5.74, 6) is 0.525. The molecule has 2 rings (SSSR count). The van der Waals surface area contributed by atoms with Crippen LogP contribution in [-0.2, 0) is 13.5 Å². The fourth-order valence-corrected chi connectivity index (χ4v) is 1.66. The smallest absolute Gasteiger partial charge is 0.139 e. The Morgan fingerprint density at radius 1 is 1.31 bits per heavy atom. The zero-order valence-electron chi connectivity index (χ0n) is 9.02. The number of hydrogen-bond donors (Lipinski definition) is 1. The van der Waals surface area contributed by atoms with Gasteiger partial charge in [0.05, 0.1) is 0 Å². The van der Waals surface area contributed by atoms with E-state index in [-0.39, 0.29) is 12.4 Å². The minimum Gasteiger partial charge on any atom is -0.396 e. The van der Waals surface area contributed by atoms with E-state index < -0.39 is 0 Å². The van der Waals surface area contributed by atoms with Crippen molar-refractivity contribution in [1.29, 1.82) is 0 Å². The first-order chi connectivity index (χ1) is 7.72. The maximum Gasteiger partial charge on any atom is 0.139 e. The molecule has 0 unspecified atom stereocenters. The van der Waals surface area contributed by atoms with Crippen molar-refractivity contribution in [1.82, 2.24) is 9.55 Å². The van der Waals surface area contributed by atoms with Crippen molar-refractivity contribution in [3.8, 4) is 11.4 Å². The molecule has 1 aromatic carbocycles. The minimum absolute atomic E-state index is 0.0996. The largest absolute Gasteiger partial charge is 0.396 e. The Hall–Kier alpha value is -1.68. The van der Waals surface area contributed by atoms with Crippen LogP contribution in [-0.4, -0.2) is 21.3 Å². The number of benzene rings is 1. The van der Waals surface area contributed by atoms with Crippen LogP contribution in [0.15, 0.2) is 30.5 Å². The van der Waals surface area contributed by atoms with Crippen molar-refractivity contribution in [2.24, 2.45) is 7.05 Å². The van der Waals surface area contributed by atoms with Gasteiger partial charge in [0, 0.05) is 37.5 Å². The maximum absolute atomic E-state index is 12.8. The fraction of sp³-hybridized carbons (Fsp3) is 0.250. The van der Waals surface area contributed by atoms with Gasteiger partial charge in [-0.3, -0.25) is 0 Å². The van der Waals surface area contributed by atoms with E-state index in [0.29, 0.717) is 6.42 Å². The second-order valence-corrected chi connectivity index (χ2v) is 3.61. The summed E-state index contributed by atoms with van der Waals surface area (Å²) in [4.78, 5) is 4.26. The molecule has 3 nitrogen and oxygen atoms in total. The Kier molecular flexibility index (Phi) is 3.01. The van der Waals surface area contributed by atoms with E-state index in [4.69, 9.17) is 5.11 Å². The van der Waals surface area contributed by atoms with E-state index in [2.05, 4.69) is 4.98 Å². The fourth-order valence-electron chi connectivity index (χ4n) is 1.66. The number of aliphatic hydroxyl groups excluding tert-OH is 1. The van der Waals surface area contributed by atoms with E-state index >= 15 is 0 Å². The van der Waals surface area contributed by atoms with Crippen molar-refractivity contribution in [2.75, 3.05) is 6.61 Å². The highest BCUT2D eigenvalue weighted by atomic mass is 19.1. The molecule has 0 fully saturated rings. The van der Waals surface area contributed by atoms with Gasteiger partial charge in [0.15, 0.2) is 0 Å². The molecule has 0 saturated heterocycles. The lowest BCUT2D eigenvalue weighted by atomic mass is 10.2. The molecule has 0 aliphatic carbocycles. The zero-order valence-corrected chi connectivity index (χ0v) is 9.02. The molecule has 0 aliphatic rings. The van der Waals surface area contributed by atoms with Gasteiger partial charge < -0.3 is 9.67 Å². The Labute approximate surface area is 93.2 Å². The molecule has 84 valence electrons. The van der Waals surface area contributed by atoms with Gasteiger partial charge in [0.2, 0.25) is 0 Å². The van der Waals surface area contributed by atoms with Gasteiger partial charge in [-0.2, -0.15) is 0 Å². The van der Waals surface area contributed by atoms with E-state index in [0.717, 1.165) is 17.1 Å². The van der Waals surface area contributed by atoms with Crippen molar-refractivity contribution in [3.05, 3.63) is 42.0 Å². The summed E-state index contributed by atoms with van der Waals surface area (Å²) in [6.07, 6.45) is 2.31. The molecule has 0 atom stereocenters. The molecule has 0 spiro atoms. The van der Waals surface area contributed by atoms with Crippen LogP contribution in [0.4, 0.5) is 4.39 Å². The lowest BCUT2D eigenvalue weighted by Gasteiger charge is -2.04. The van der Waals surface area contributed by atoms with E-state index in [9.17, 15) is 4.39 Å². The van der Waals surface area contributed by atoms with Gasteiger partial charge in [0.1, 0.15) is 11.6 Å². The van der Waals surface area contributed by atoms with Gasteiger partial charge in [-0.25, -0.2) is 9.37 Å². The van der Waals surface area contributed by atoms with Crippen molar-refractivity contribution in [2.45, 2.75) is 6.42 Å². The summed E-state index contributed by atoms with van der Waals surface area (Å²) in [5, 5.41) is 8.87. The summed E-state index contributed by atoms with van der Waals surface area (Å²) >= 11 is 0. The van der Waals surface area contributed by atoms with E-state index in [1.165, 1.54) is 12.1 Å². The number of rotatable bonds is 3. The Balaban J connectivity index is 2.37. The molecule has 2 aromatic rings. The van der Waals surface area contributed by atoms with Crippen LogP contribution in [0.25, 0.3) is 11.4 Å². The second kappa shape index (κ2) is 4.45. The standard InChI is InChI=1S/C12H13FN2O/c1-15-11(6-7-16)8-14-12(15)9-2-4-10(13)5-3-9/h2-5,8,16H,6-7H2,1H3. The normalized spacial score (nSPS) is 10.7. The number of imidazole rings is 1. The Bertz CT molecular complexity index is 476. The number of halogens is 1. The number of aromatic nitrogens is 2. The summed E-state index contributed by atoms with van der Waals surface area (Å²) < 4.78 is 14.7. The predicted molar refractivity (Wildman–Crippen MR) is 59.4 cm³/mol. The average molecular weight is 220 g/mol. The Morgan fingerprint density at radius 3 is 2.62 bits per heavy atom. The lowest BCUT2D eigenvalue weighted by molar-refractivity contribution is 0.297. The van der Waals surface area contributed by atoms with Crippen molar-refractivity contribution < 1.29 is 9.50 Å². The third-order valence-electron chi connectivity index (χ3n) is 2.55. The molecular weight excluding hydrogens is 207 g/mol. The topological polar surface area (TPSA) is 38.0 Å². The number of hydrogen-bond acceptors (Lipinski definition) is 2. The molecule has 0 amide bonds. The van der Waals surface area contributed by atoms with Crippen LogP contribution in [0, 0.1) is 5.82 Å². The van der Waals surface area contributed by atoms with Crippen LogP contribution < -0.4 is 0 Å². The zero-order chi connectivity index (χ0) is 11.5. The third kappa shape index (κ3) is 1.97. The predicted octanol–water partition coefficient (Wildman–Crippen LogP) is 1.76. The first kappa shape index (κ1) is 10.8. The summed E-state index contributed by atoms with van der Waals surface area (Å²) in [7, 11) is 1.89. The van der Waals surface area contributed by atoms with Gasteiger partial charge in [-0.05, 0) is 24.3 Å². The molecule has 1 aromatic heterocycles. The lowest BCUT2D eigenvalue weighted by Crippen LogP contribution is -2.00. The monoisotopic (exact) mass is 220 g/mol. The average Bonchev–Trinajstić information content (AvgIpc) is 2.63.